The number of hydrogen-bond donors (Lipinski definition) is 1. The number of hydrogen-bond acceptors (Lipinski definition) is 5. The van der Waals surface area contributed by atoms with Crippen LogP contribution >= 0.6 is 11.3 Å². The lowest BCUT2D eigenvalue weighted by Crippen LogP contribution is -2.38. The molecule has 2 aromatic rings. The summed E-state index contributed by atoms with van der Waals surface area (Å²) in [7, 11) is 1.76. The SMILES string of the molecule is CC(C)n1cnnc1CCNC(=O)N(C)Cc1nccs1. The van der Waals surface area contributed by atoms with Gasteiger partial charge in [-0.15, -0.1) is 21.5 Å². The zero-order valence-corrected chi connectivity index (χ0v) is 13.3. The molecule has 7 nitrogen and oxygen atoms in total. The lowest BCUT2D eigenvalue weighted by Gasteiger charge is -2.16. The molecule has 0 aliphatic rings. The molecule has 0 spiro atoms. The van der Waals surface area contributed by atoms with E-state index < -0.39 is 0 Å². The molecule has 0 saturated heterocycles. The van der Waals surface area contributed by atoms with Crippen LogP contribution in [0.25, 0.3) is 0 Å². The molecule has 0 unspecified atom stereocenters. The van der Waals surface area contributed by atoms with Crippen molar-refractivity contribution in [1.82, 2.24) is 30.0 Å². The van der Waals surface area contributed by atoms with Crippen LogP contribution in [-0.4, -0.2) is 44.3 Å². The molecule has 114 valence electrons. The molecule has 0 fully saturated rings. The van der Waals surface area contributed by atoms with Gasteiger partial charge >= 0.3 is 6.03 Å². The largest absolute Gasteiger partial charge is 0.338 e. The molecule has 2 aromatic heterocycles. The van der Waals surface area contributed by atoms with E-state index in [0.29, 0.717) is 25.6 Å². The van der Waals surface area contributed by atoms with Crippen molar-refractivity contribution in [2.24, 2.45) is 0 Å². The standard InChI is InChI=1S/C13H20N6OS/c1-10(2)19-9-16-17-11(19)4-5-15-13(20)18(3)8-12-14-6-7-21-12/h6-7,9-10H,4-5,8H2,1-3H3,(H,15,20). The fraction of sp³-hybridized carbons (Fsp3) is 0.538. The summed E-state index contributed by atoms with van der Waals surface area (Å²) in [6.07, 6.45) is 4.12. The Morgan fingerprint density at radius 2 is 2.33 bits per heavy atom. The molecular weight excluding hydrogens is 288 g/mol. The topological polar surface area (TPSA) is 75.9 Å². The van der Waals surface area contributed by atoms with Crippen molar-refractivity contribution >= 4 is 17.4 Å². The first-order valence-corrected chi connectivity index (χ1v) is 7.71. The fourth-order valence-electron chi connectivity index (χ4n) is 1.90. The summed E-state index contributed by atoms with van der Waals surface area (Å²) in [5.41, 5.74) is 0. The first-order chi connectivity index (χ1) is 10.1. The molecule has 21 heavy (non-hydrogen) atoms. The Balaban J connectivity index is 1.77. The lowest BCUT2D eigenvalue weighted by molar-refractivity contribution is 0.207. The van der Waals surface area contributed by atoms with Gasteiger partial charge in [0.05, 0.1) is 6.54 Å². The van der Waals surface area contributed by atoms with Crippen LogP contribution in [0.2, 0.25) is 0 Å². The molecule has 0 bridgehead atoms. The molecule has 0 aliphatic heterocycles. The van der Waals surface area contributed by atoms with Gasteiger partial charge in [0.2, 0.25) is 0 Å². The molecule has 0 atom stereocenters. The Bertz CT molecular complexity index is 565. The third kappa shape index (κ3) is 4.25. The Morgan fingerprint density at radius 1 is 1.52 bits per heavy atom. The molecule has 2 amide bonds. The van der Waals surface area contributed by atoms with E-state index in [9.17, 15) is 4.79 Å². The van der Waals surface area contributed by atoms with Gasteiger partial charge < -0.3 is 14.8 Å². The van der Waals surface area contributed by atoms with Crippen molar-refractivity contribution < 1.29 is 4.79 Å². The number of carbonyl (C=O) groups is 1. The minimum atomic E-state index is -0.110. The van der Waals surface area contributed by atoms with Crippen molar-refractivity contribution in [1.29, 1.82) is 0 Å². The van der Waals surface area contributed by atoms with E-state index in [0.717, 1.165) is 10.8 Å². The zero-order valence-electron chi connectivity index (χ0n) is 12.5. The van der Waals surface area contributed by atoms with Gasteiger partial charge in [-0.3, -0.25) is 0 Å². The highest BCUT2D eigenvalue weighted by molar-refractivity contribution is 7.09. The van der Waals surface area contributed by atoms with E-state index in [1.165, 1.54) is 0 Å². The molecular formula is C13H20N6OS. The molecule has 1 N–H and O–H groups in total. The Kier molecular flexibility index (Phi) is 5.26. The average molecular weight is 308 g/mol. The number of thiazole rings is 1. The van der Waals surface area contributed by atoms with Gasteiger partial charge in [-0.2, -0.15) is 0 Å². The Labute approximate surface area is 128 Å². The predicted octanol–water partition coefficient (Wildman–Crippen LogP) is 1.70. The van der Waals surface area contributed by atoms with Crippen LogP contribution in [0.4, 0.5) is 4.79 Å². The summed E-state index contributed by atoms with van der Waals surface area (Å²) in [6.45, 7) is 5.21. The summed E-state index contributed by atoms with van der Waals surface area (Å²) in [6, 6.07) is 0.207. The number of nitrogens with zero attached hydrogens (tertiary/aromatic N) is 5. The van der Waals surface area contributed by atoms with Crippen LogP contribution in [0.15, 0.2) is 17.9 Å². The summed E-state index contributed by atoms with van der Waals surface area (Å²) >= 11 is 1.54. The highest BCUT2D eigenvalue weighted by Crippen LogP contribution is 2.08. The highest BCUT2D eigenvalue weighted by Gasteiger charge is 2.11. The van der Waals surface area contributed by atoms with E-state index in [1.807, 2.05) is 9.95 Å². The second-order valence-corrected chi connectivity index (χ2v) is 5.99. The Hall–Kier alpha value is -1.96. The van der Waals surface area contributed by atoms with Gasteiger partial charge in [0, 0.05) is 37.6 Å². The second-order valence-electron chi connectivity index (χ2n) is 5.01. The van der Waals surface area contributed by atoms with Gasteiger partial charge in [0.1, 0.15) is 17.2 Å². The minimum absolute atomic E-state index is 0.110. The number of aromatic nitrogens is 4. The smallest absolute Gasteiger partial charge is 0.317 e. The minimum Gasteiger partial charge on any atom is -0.338 e. The van der Waals surface area contributed by atoms with Crippen LogP contribution in [0, 0.1) is 0 Å². The quantitative estimate of drug-likeness (QED) is 0.881. The lowest BCUT2D eigenvalue weighted by atomic mass is 10.3. The maximum Gasteiger partial charge on any atom is 0.317 e. The number of amides is 2. The molecule has 0 aromatic carbocycles. The van der Waals surface area contributed by atoms with Gasteiger partial charge in [0.15, 0.2) is 0 Å². The Morgan fingerprint density at radius 3 is 3.00 bits per heavy atom. The maximum atomic E-state index is 12.0. The first-order valence-electron chi connectivity index (χ1n) is 6.83. The van der Waals surface area contributed by atoms with Crippen molar-refractivity contribution in [2.75, 3.05) is 13.6 Å². The van der Waals surface area contributed by atoms with Crippen LogP contribution in [0.5, 0.6) is 0 Å². The molecule has 2 rings (SSSR count). The van der Waals surface area contributed by atoms with Gasteiger partial charge in [-0.25, -0.2) is 9.78 Å². The third-order valence-electron chi connectivity index (χ3n) is 3.03. The maximum absolute atomic E-state index is 12.0. The van der Waals surface area contributed by atoms with Crippen LogP contribution in [0.1, 0.15) is 30.7 Å². The highest BCUT2D eigenvalue weighted by atomic mass is 32.1. The van der Waals surface area contributed by atoms with Gasteiger partial charge in [0.25, 0.3) is 0 Å². The monoisotopic (exact) mass is 308 g/mol. The van der Waals surface area contributed by atoms with Crippen molar-refractivity contribution in [3.63, 3.8) is 0 Å². The van der Waals surface area contributed by atoms with Gasteiger partial charge in [-0.05, 0) is 13.8 Å². The van der Waals surface area contributed by atoms with Crippen LogP contribution < -0.4 is 5.32 Å². The number of rotatable bonds is 6. The molecule has 0 radical (unpaired) electrons. The van der Waals surface area contributed by atoms with Crippen molar-refractivity contribution in [3.8, 4) is 0 Å². The molecule has 8 heteroatoms. The molecule has 0 saturated carbocycles. The van der Waals surface area contributed by atoms with Crippen LogP contribution in [-0.2, 0) is 13.0 Å². The summed E-state index contributed by atoms with van der Waals surface area (Å²) in [5.74, 6) is 0.882. The summed E-state index contributed by atoms with van der Waals surface area (Å²) in [5, 5.41) is 13.7. The van der Waals surface area contributed by atoms with Crippen molar-refractivity contribution in [2.45, 2.75) is 32.9 Å². The van der Waals surface area contributed by atoms with E-state index >= 15 is 0 Å². The molecule has 0 aliphatic carbocycles. The third-order valence-corrected chi connectivity index (χ3v) is 3.80. The molecule has 2 heterocycles. The number of nitrogens with one attached hydrogen (secondary N) is 1. The first kappa shape index (κ1) is 15.4. The summed E-state index contributed by atoms with van der Waals surface area (Å²) in [4.78, 5) is 17.7. The van der Waals surface area contributed by atoms with E-state index in [1.54, 1.807) is 35.8 Å². The second kappa shape index (κ2) is 7.16. The van der Waals surface area contributed by atoms with E-state index in [2.05, 4.69) is 34.3 Å². The zero-order chi connectivity index (χ0) is 15.2. The van der Waals surface area contributed by atoms with E-state index in [-0.39, 0.29) is 6.03 Å². The number of urea groups is 1. The predicted molar refractivity (Wildman–Crippen MR) is 81.1 cm³/mol. The average Bonchev–Trinajstić information content (AvgIpc) is 3.09. The number of carbonyl (C=O) groups excluding carboxylic acids is 1. The summed E-state index contributed by atoms with van der Waals surface area (Å²) < 4.78 is 2.01. The van der Waals surface area contributed by atoms with E-state index in [4.69, 9.17) is 0 Å². The van der Waals surface area contributed by atoms with Crippen LogP contribution in [0.3, 0.4) is 0 Å². The van der Waals surface area contributed by atoms with Gasteiger partial charge in [-0.1, -0.05) is 0 Å². The fourth-order valence-corrected chi connectivity index (χ4v) is 2.57. The normalized spacial score (nSPS) is 10.9. The van der Waals surface area contributed by atoms with Crippen molar-refractivity contribution in [3.05, 3.63) is 28.7 Å².